The predicted octanol–water partition coefficient (Wildman–Crippen LogP) is 3.48. The summed E-state index contributed by atoms with van der Waals surface area (Å²) < 4.78 is 11.5. The number of methoxy groups -OCH3 is 1. The van der Waals surface area contributed by atoms with Gasteiger partial charge in [0.25, 0.3) is 0 Å². The van der Waals surface area contributed by atoms with Crippen LogP contribution >= 0.6 is 0 Å². The van der Waals surface area contributed by atoms with E-state index in [9.17, 15) is 9.59 Å². The number of hydrogen-bond acceptors (Lipinski definition) is 4. The van der Waals surface area contributed by atoms with Crippen LogP contribution in [0, 0.1) is 34.0 Å². The second-order valence-corrected chi connectivity index (χ2v) is 9.91. The molecule has 1 saturated heterocycles. The van der Waals surface area contributed by atoms with E-state index in [0.717, 1.165) is 38.5 Å². The second-order valence-electron chi connectivity index (χ2n) is 9.91. The number of fused-ring (bicyclic) bond motifs is 1. The highest BCUT2D eigenvalue weighted by molar-refractivity contribution is 5.85. The number of ether oxygens (including phenoxy) is 2. The monoisotopic (exact) mass is 332 g/mol. The molecule has 0 aromatic heterocycles. The van der Waals surface area contributed by atoms with Crippen LogP contribution in [0.1, 0.15) is 65.2 Å². The number of esters is 2. The third kappa shape index (κ3) is 1.41. The van der Waals surface area contributed by atoms with E-state index < -0.39 is 11.0 Å². The first-order chi connectivity index (χ1) is 11.3. The minimum Gasteiger partial charge on any atom is -0.469 e. The molecule has 4 saturated carbocycles. The Morgan fingerprint density at radius 1 is 1.17 bits per heavy atom. The molecule has 0 aromatic rings. The van der Waals surface area contributed by atoms with Crippen LogP contribution in [0.25, 0.3) is 0 Å². The third-order valence-electron chi connectivity index (χ3n) is 8.90. The van der Waals surface area contributed by atoms with Gasteiger partial charge in [-0.25, -0.2) is 0 Å². The lowest BCUT2D eigenvalue weighted by atomic mass is 9.60. The van der Waals surface area contributed by atoms with Crippen molar-refractivity contribution in [1.29, 1.82) is 0 Å². The van der Waals surface area contributed by atoms with Crippen LogP contribution in [-0.2, 0) is 19.1 Å². The Bertz CT molecular complexity index is 644. The molecule has 4 aliphatic carbocycles. The molecule has 1 spiro atoms. The molecule has 1 heterocycles. The molecule has 0 radical (unpaired) electrons. The van der Waals surface area contributed by atoms with Crippen LogP contribution in [0.4, 0.5) is 0 Å². The Morgan fingerprint density at radius 2 is 1.96 bits per heavy atom. The molecule has 0 unspecified atom stereocenters. The molecule has 0 aromatic carbocycles. The van der Waals surface area contributed by atoms with Crippen molar-refractivity contribution in [3.8, 4) is 0 Å². The summed E-state index contributed by atoms with van der Waals surface area (Å²) in [6.45, 7) is 4.44. The Labute approximate surface area is 143 Å². The van der Waals surface area contributed by atoms with Crippen molar-refractivity contribution in [1.82, 2.24) is 0 Å². The molecule has 4 bridgehead atoms. The number of carbonyl (C=O) groups excluding carboxylic acids is 2. The lowest BCUT2D eigenvalue weighted by molar-refractivity contribution is -0.162. The summed E-state index contributed by atoms with van der Waals surface area (Å²) in [6.07, 6.45) is 8.54. The van der Waals surface area contributed by atoms with Crippen LogP contribution in [0.15, 0.2) is 0 Å². The first-order valence-corrected chi connectivity index (χ1v) is 9.63. The maximum Gasteiger partial charge on any atom is 0.312 e. The van der Waals surface area contributed by atoms with E-state index in [1.165, 1.54) is 20.0 Å². The molecule has 4 nitrogen and oxygen atoms in total. The van der Waals surface area contributed by atoms with Crippen molar-refractivity contribution in [2.75, 3.05) is 7.11 Å². The van der Waals surface area contributed by atoms with E-state index >= 15 is 0 Å². The topological polar surface area (TPSA) is 52.6 Å². The fraction of sp³-hybridized carbons (Fsp3) is 0.900. The lowest BCUT2D eigenvalue weighted by Gasteiger charge is -2.46. The van der Waals surface area contributed by atoms with Gasteiger partial charge in [-0.3, -0.25) is 9.59 Å². The summed E-state index contributed by atoms with van der Waals surface area (Å²) in [5.41, 5.74) is -0.537. The van der Waals surface area contributed by atoms with Crippen LogP contribution in [0.5, 0.6) is 0 Å². The number of hydrogen-bond donors (Lipinski definition) is 0. The third-order valence-corrected chi connectivity index (χ3v) is 8.90. The van der Waals surface area contributed by atoms with E-state index in [1.807, 2.05) is 0 Å². The van der Waals surface area contributed by atoms with Gasteiger partial charge in [0.1, 0.15) is 5.60 Å². The summed E-state index contributed by atoms with van der Waals surface area (Å²) in [6, 6.07) is 0. The Morgan fingerprint density at radius 3 is 2.71 bits per heavy atom. The van der Waals surface area contributed by atoms with Crippen LogP contribution < -0.4 is 0 Å². The van der Waals surface area contributed by atoms with Crippen molar-refractivity contribution in [3.05, 3.63) is 0 Å². The van der Waals surface area contributed by atoms with Gasteiger partial charge >= 0.3 is 11.9 Å². The first-order valence-electron chi connectivity index (χ1n) is 9.63. The van der Waals surface area contributed by atoms with E-state index in [4.69, 9.17) is 9.47 Å². The van der Waals surface area contributed by atoms with E-state index in [0.29, 0.717) is 11.3 Å². The Balaban J connectivity index is 1.73. The lowest BCUT2D eigenvalue weighted by Crippen LogP contribution is -2.47. The van der Waals surface area contributed by atoms with Crippen molar-refractivity contribution < 1.29 is 19.1 Å². The summed E-state index contributed by atoms with van der Waals surface area (Å²) in [5, 5.41) is 0. The minimum atomic E-state index is -0.498. The summed E-state index contributed by atoms with van der Waals surface area (Å²) in [7, 11) is 1.51. The maximum absolute atomic E-state index is 13.0. The molecule has 132 valence electrons. The molecule has 1 aliphatic heterocycles. The molecule has 0 N–H and O–H groups in total. The van der Waals surface area contributed by atoms with Crippen LogP contribution in [0.3, 0.4) is 0 Å². The fourth-order valence-corrected chi connectivity index (χ4v) is 8.17. The zero-order chi connectivity index (χ0) is 17.0. The molecule has 5 fully saturated rings. The molecule has 4 heteroatoms. The van der Waals surface area contributed by atoms with E-state index in [1.54, 1.807) is 0 Å². The quantitative estimate of drug-likeness (QED) is 0.690. The second kappa shape index (κ2) is 4.19. The predicted molar refractivity (Wildman–Crippen MR) is 86.9 cm³/mol. The number of rotatable bonds is 1. The molecular formula is C20H28O4. The molecule has 0 amide bonds. The number of carbonyl (C=O) groups is 2. The molecule has 24 heavy (non-hydrogen) atoms. The van der Waals surface area contributed by atoms with Gasteiger partial charge in [-0.1, -0.05) is 6.92 Å². The van der Waals surface area contributed by atoms with Gasteiger partial charge in [0.2, 0.25) is 0 Å². The van der Waals surface area contributed by atoms with Gasteiger partial charge in [-0.2, -0.15) is 0 Å². The standard InChI is InChI=1S/C20H28O4/c1-17-8-5-12-19(11-17,10-9-17)13(15(21)23-3)14-18(2)6-4-7-20(12,14)24-16(18)22/h12-14H,4-11H2,1-3H3/t12-,13-,14-,17-,18-,19-,20-/m1/s1. The minimum absolute atomic E-state index is 0.00292. The van der Waals surface area contributed by atoms with Gasteiger partial charge in [-0.15, -0.1) is 0 Å². The van der Waals surface area contributed by atoms with Crippen molar-refractivity contribution >= 4 is 11.9 Å². The SMILES string of the molecule is COC(=O)[C@H]1[C@H]2[C@@]3(CCC[C@@]2(C)C(=O)O3)[C@@H]2CC[C@]3(C)CC[C@@]21C3. The van der Waals surface area contributed by atoms with Gasteiger partial charge in [0.05, 0.1) is 18.4 Å². The van der Waals surface area contributed by atoms with Crippen molar-refractivity contribution in [2.24, 2.45) is 34.0 Å². The molecule has 7 atom stereocenters. The zero-order valence-corrected chi connectivity index (χ0v) is 15.0. The van der Waals surface area contributed by atoms with Gasteiger partial charge in [-0.05, 0) is 69.1 Å². The van der Waals surface area contributed by atoms with Crippen LogP contribution in [-0.4, -0.2) is 24.6 Å². The van der Waals surface area contributed by atoms with Crippen molar-refractivity contribution in [3.63, 3.8) is 0 Å². The first kappa shape index (κ1) is 15.2. The average molecular weight is 332 g/mol. The Kier molecular flexibility index (Phi) is 2.65. The smallest absolute Gasteiger partial charge is 0.312 e. The normalized spacial score (nSPS) is 57.3. The molecule has 5 rings (SSSR count). The van der Waals surface area contributed by atoms with Crippen molar-refractivity contribution in [2.45, 2.75) is 70.8 Å². The largest absolute Gasteiger partial charge is 0.469 e. The highest BCUT2D eigenvalue weighted by Gasteiger charge is 2.82. The highest BCUT2D eigenvalue weighted by atomic mass is 16.6. The van der Waals surface area contributed by atoms with E-state index in [-0.39, 0.29) is 29.2 Å². The van der Waals surface area contributed by atoms with E-state index in [2.05, 4.69) is 13.8 Å². The maximum atomic E-state index is 13.0. The summed E-state index contributed by atoms with van der Waals surface area (Å²) in [4.78, 5) is 25.8. The van der Waals surface area contributed by atoms with Gasteiger partial charge in [0, 0.05) is 11.8 Å². The average Bonchev–Trinajstić information content (AvgIpc) is 2.99. The fourth-order valence-electron chi connectivity index (χ4n) is 8.17. The zero-order valence-electron chi connectivity index (χ0n) is 15.0. The highest BCUT2D eigenvalue weighted by Crippen LogP contribution is 2.79. The summed E-state index contributed by atoms with van der Waals surface area (Å²) in [5.74, 6) is 0.0563. The summed E-state index contributed by atoms with van der Waals surface area (Å²) >= 11 is 0. The molecular weight excluding hydrogens is 304 g/mol. The molecule has 5 aliphatic rings. The van der Waals surface area contributed by atoms with Crippen LogP contribution in [0.2, 0.25) is 0 Å². The van der Waals surface area contributed by atoms with Gasteiger partial charge in [0.15, 0.2) is 0 Å². The Hall–Kier alpha value is -1.06. The van der Waals surface area contributed by atoms with Gasteiger partial charge < -0.3 is 9.47 Å².